The number of aryl methyl sites for hydroxylation is 1. The van der Waals surface area contributed by atoms with E-state index in [9.17, 15) is 8.42 Å². The number of nitrogens with one attached hydrogen (secondary N) is 3. The molecule has 3 N–H and O–H groups in total. The van der Waals surface area contributed by atoms with E-state index in [1.807, 2.05) is 12.1 Å². The van der Waals surface area contributed by atoms with Crippen LogP contribution in [0.2, 0.25) is 10.0 Å². The molecule has 0 fully saturated rings. The van der Waals surface area contributed by atoms with E-state index in [1.165, 1.54) is 0 Å². The average molecular weight is 537 g/mol. The summed E-state index contributed by atoms with van der Waals surface area (Å²) in [6.07, 6.45) is 2.43. The van der Waals surface area contributed by atoms with Crippen molar-refractivity contribution in [2.75, 3.05) is 32.4 Å². The summed E-state index contributed by atoms with van der Waals surface area (Å²) in [5, 5.41) is 7.69. The first-order valence-electron chi connectivity index (χ1n) is 8.23. The van der Waals surface area contributed by atoms with Crippen LogP contribution in [0.25, 0.3) is 0 Å². The highest BCUT2D eigenvalue weighted by atomic mass is 127. The Bertz CT molecular complexity index is 672. The molecule has 0 unspecified atom stereocenters. The molecule has 1 aromatic rings. The summed E-state index contributed by atoms with van der Waals surface area (Å²) in [6.45, 7) is 3.41. The molecule has 0 saturated heterocycles. The minimum atomic E-state index is -3.12. The smallest absolute Gasteiger partial charge is 0.211 e. The fraction of sp³-hybridized carbons (Fsp3) is 0.562. The maximum absolute atomic E-state index is 11.3. The van der Waals surface area contributed by atoms with Gasteiger partial charge in [0.15, 0.2) is 5.96 Å². The molecular formula is C16H27Cl2IN4O2S. The van der Waals surface area contributed by atoms with E-state index in [-0.39, 0.29) is 29.7 Å². The molecule has 0 aliphatic rings. The molecule has 0 spiro atoms. The van der Waals surface area contributed by atoms with Crippen molar-refractivity contribution >= 4 is 63.2 Å². The molecule has 10 heteroatoms. The summed E-state index contributed by atoms with van der Waals surface area (Å²) in [5.41, 5.74) is 1.07. The van der Waals surface area contributed by atoms with Gasteiger partial charge in [0.2, 0.25) is 10.0 Å². The molecule has 150 valence electrons. The van der Waals surface area contributed by atoms with E-state index >= 15 is 0 Å². The van der Waals surface area contributed by atoms with Gasteiger partial charge in [-0.2, -0.15) is 0 Å². The van der Waals surface area contributed by atoms with E-state index < -0.39 is 10.0 Å². The lowest BCUT2D eigenvalue weighted by Crippen LogP contribution is -2.39. The lowest BCUT2D eigenvalue weighted by molar-refractivity contribution is 0.579. The molecule has 0 aliphatic heterocycles. The Balaban J connectivity index is 0.00000625. The fourth-order valence-corrected chi connectivity index (χ4v) is 3.22. The van der Waals surface area contributed by atoms with Crippen LogP contribution in [0.3, 0.4) is 0 Å². The number of sulfonamides is 1. The monoisotopic (exact) mass is 536 g/mol. The molecule has 0 heterocycles. The van der Waals surface area contributed by atoms with E-state index in [4.69, 9.17) is 23.2 Å². The first kappa shape index (κ1) is 25.7. The zero-order valence-electron chi connectivity index (χ0n) is 15.0. The van der Waals surface area contributed by atoms with Crippen LogP contribution in [-0.4, -0.2) is 46.8 Å². The highest BCUT2D eigenvalue weighted by molar-refractivity contribution is 14.0. The number of benzene rings is 1. The number of nitrogens with zero attached hydrogens (tertiary/aromatic N) is 1. The van der Waals surface area contributed by atoms with Crippen molar-refractivity contribution in [1.29, 1.82) is 0 Å². The van der Waals surface area contributed by atoms with Crippen LogP contribution in [0, 0.1) is 0 Å². The van der Waals surface area contributed by atoms with Crippen molar-refractivity contribution in [3.8, 4) is 0 Å². The van der Waals surface area contributed by atoms with Gasteiger partial charge in [-0.05, 0) is 43.9 Å². The highest BCUT2D eigenvalue weighted by Gasteiger charge is 2.05. The molecule has 0 bridgehead atoms. The fourth-order valence-electron chi connectivity index (χ4n) is 2.06. The zero-order chi connectivity index (χ0) is 18.7. The zero-order valence-corrected chi connectivity index (χ0v) is 19.7. The largest absolute Gasteiger partial charge is 0.356 e. The van der Waals surface area contributed by atoms with Crippen LogP contribution in [0.4, 0.5) is 0 Å². The summed E-state index contributed by atoms with van der Waals surface area (Å²) in [5.74, 6) is 0.793. The molecule has 0 saturated carbocycles. The number of aliphatic imine (C=N–C) groups is 1. The molecule has 0 atom stereocenters. The van der Waals surface area contributed by atoms with Crippen LogP contribution in [-0.2, 0) is 16.4 Å². The Morgan fingerprint density at radius 1 is 1.12 bits per heavy atom. The summed E-state index contributed by atoms with van der Waals surface area (Å²) in [4.78, 5) is 4.14. The van der Waals surface area contributed by atoms with Gasteiger partial charge in [-0.15, -0.1) is 24.0 Å². The molecule has 26 heavy (non-hydrogen) atoms. The standard InChI is InChI=1S/C16H26Cl2N4O2S.HI/c1-3-25(23,24)22-11-5-10-21-16(19-2)20-9-4-6-13-7-8-14(17)12-15(13)18;/h7-8,12,22H,3-6,9-11H2,1-2H3,(H2,19,20,21);1H. The number of guanidine groups is 1. The first-order valence-corrected chi connectivity index (χ1v) is 10.6. The number of hydrogen-bond donors (Lipinski definition) is 3. The SMILES string of the molecule is CCS(=O)(=O)NCCCNC(=NC)NCCCc1ccc(Cl)cc1Cl.I. The van der Waals surface area contributed by atoms with Gasteiger partial charge in [0.1, 0.15) is 0 Å². The van der Waals surface area contributed by atoms with Crippen molar-refractivity contribution < 1.29 is 8.42 Å². The Morgan fingerprint density at radius 2 is 1.77 bits per heavy atom. The Hall–Kier alpha value is -0.290. The van der Waals surface area contributed by atoms with E-state index in [1.54, 1.807) is 20.0 Å². The van der Waals surface area contributed by atoms with E-state index in [0.717, 1.165) is 24.9 Å². The normalized spacial score (nSPS) is 11.8. The third-order valence-corrected chi connectivity index (χ3v) is 5.49. The predicted octanol–water partition coefficient (Wildman–Crippen LogP) is 3.04. The molecule has 6 nitrogen and oxygen atoms in total. The van der Waals surface area contributed by atoms with E-state index in [2.05, 4.69) is 20.3 Å². The maximum Gasteiger partial charge on any atom is 0.211 e. The molecule has 1 aromatic carbocycles. The lowest BCUT2D eigenvalue weighted by Gasteiger charge is -2.12. The lowest BCUT2D eigenvalue weighted by atomic mass is 10.1. The van der Waals surface area contributed by atoms with Gasteiger partial charge in [0, 0.05) is 36.7 Å². The minimum absolute atomic E-state index is 0. The third-order valence-electron chi connectivity index (χ3n) is 3.50. The van der Waals surface area contributed by atoms with Crippen LogP contribution in [0.1, 0.15) is 25.3 Å². The summed E-state index contributed by atoms with van der Waals surface area (Å²) in [6, 6.07) is 5.53. The molecule has 0 amide bonds. The molecule has 0 aromatic heterocycles. The quantitative estimate of drug-likeness (QED) is 0.186. The number of halogens is 3. The van der Waals surface area contributed by atoms with Gasteiger partial charge in [-0.3, -0.25) is 4.99 Å². The van der Waals surface area contributed by atoms with Crippen LogP contribution in [0.15, 0.2) is 23.2 Å². The van der Waals surface area contributed by atoms with Crippen molar-refractivity contribution in [3.63, 3.8) is 0 Å². The Kier molecular flexibility index (Phi) is 13.7. The molecule has 1 rings (SSSR count). The summed E-state index contributed by atoms with van der Waals surface area (Å²) in [7, 11) is -1.42. The second kappa shape index (κ2) is 13.8. The first-order chi connectivity index (χ1) is 11.9. The molecule has 0 aliphatic carbocycles. The highest BCUT2D eigenvalue weighted by Crippen LogP contribution is 2.21. The van der Waals surface area contributed by atoms with Gasteiger partial charge in [-0.1, -0.05) is 29.3 Å². The van der Waals surface area contributed by atoms with Gasteiger partial charge in [0.05, 0.1) is 5.75 Å². The Labute approximate surface area is 183 Å². The number of rotatable bonds is 10. The predicted molar refractivity (Wildman–Crippen MR) is 122 cm³/mol. The second-order valence-corrected chi connectivity index (χ2v) is 8.36. The minimum Gasteiger partial charge on any atom is -0.356 e. The van der Waals surface area contributed by atoms with Crippen molar-refractivity contribution in [3.05, 3.63) is 33.8 Å². The number of hydrogen-bond acceptors (Lipinski definition) is 3. The van der Waals surface area contributed by atoms with Gasteiger partial charge in [-0.25, -0.2) is 13.1 Å². The van der Waals surface area contributed by atoms with Gasteiger partial charge >= 0.3 is 0 Å². The van der Waals surface area contributed by atoms with Crippen molar-refractivity contribution in [2.45, 2.75) is 26.2 Å². The van der Waals surface area contributed by atoms with Crippen LogP contribution >= 0.6 is 47.2 Å². The second-order valence-electron chi connectivity index (χ2n) is 5.42. The maximum atomic E-state index is 11.3. The van der Waals surface area contributed by atoms with Crippen molar-refractivity contribution in [1.82, 2.24) is 15.4 Å². The van der Waals surface area contributed by atoms with Gasteiger partial charge in [0.25, 0.3) is 0 Å². The Morgan fingerprint density at radius 3 is 2.35 bits per heavy atom. The van der Waals surface area contributed by atoms with Crippen LogP contribution in [0.5, 0.6) is 0 Å². The average Bonchev–Trinajstić information content (AvgIpc) is 2.58. The summed E-state index contributed by atoms with van der Waals surface area (Å²) < 4.78 is 25.1. The summed E-state index contributed by atoms with van der Waals surface area (Å²) >= 11 is 12.0. The van der Waals surface area contributed by atoms with E-state index in [0.29, 0.717) is 35.5 Å². The van der Waals surface area contributed by atoms with Crippen LogP contribution < -0.4 is 15.4 Å². The molecular weight excluding hydrogens is 510 g/mol. The molecule has 0 radical (unpaired) electrons. The van der Waals surface area contributed by atoms with Gasteiger partial charge < -0.3 is 10.6 Å². The topological polar surface area (TPSA) is 82.6 Å². The third kappa shape index (κ3) is 10.8. The van der Waals surface area contributed by atoms with Crippen molar-refractivity contribution in [2.24, 2.45) is 4.99 Å².